The highest BCUT2D eigenvalue weighted by Gasteiger charge is 2.16. The third kappa shape index (κ3) is 5.57. The number of carboxylic acids is 1. The second kappa shape index (κ2) is 10.3. The van der Waals surface area contributed by atoms with Crippen molar-refractivity contribution >= 4 is 40.5 Å². The van der Waals surface area contributed by atoms with Gasteiger partial charge in [0.05, 0.1) is 25.6 Å². The van der Waals surface area contributed by atoms with Gasteiger partial charge in [0.1, 0.15) is 17.1 Å². The molecule has 2 aromatic carbocycles. The number of carbonyl (C=O) groups excluding carboxylic acids is 1. The standard InChI is InChI=1S/C26H26N4O5/c1-16(12-25(32)33)18-9-11-23(27-15-18)30(2)24(31)14-17-8-10-20-22(13-17)35-26(29-20)28-19-6-4-5-7-21(19)34-3/h4-11,13,15-16H,12,14H2,1-3H3,(H,28,29)(H,32,33). The number of carbonyl (C=O) groups is 2. The van der Waals surface area contributed by atoms with E-state index in [1.165, 1.54) is 4.90 Å². The van der Waals surface area contributed by atoms with E-state index in [4.69, 9.17) is 14.3 Å². The zero-order valence-electron chi connectivity index (χ0n) is 19.7. The Hall–Kier alpha value is -4.40. The number of methoxy groups -OCH3 is 1. The summed E-state index contributed by atoms with van der Waals surface area (Å²) in [5.74, 6) is -0.00575. The van der Waals surface area contributed by atoms with Crippen molar-refractivity contribution < 1.29 is 23.8 Å². The van der Waals surface area contributed by atoms with E-state index in [1.807, 2.05) is 43.3 Å². The number of oxazole rings is 1. The monoisotopic (exact) mass is 474 g/mol. The molecule has 1 unspecified atom stereocenters. The highest BCUT2D eigenvalue weighted by atomic mass is 16.5. The first-order valence-electron chi connectivity index (χ1n) is 11.1. The van der Waals surface area contributed by atoms with Crippen molar-refractivity contribution in [3.8, 4) is 5.75 Å². The van der Waals surface area contributed by atoms with Gasteiger partial charge in [-0.05, 0) is 47.4 Å². The molecule has 0 aliphatic rings. The van der Waals surface area contributed by atoms with Crippen LogP contribution in [-0.2, 0) is 16.0 Å². The van der Waals surface area contributed by atoms with Gasteiger partial charge in [-0.15, -0.1) is 0 Å². The normalized spacial score (nSPS) is 11.7. The van der Waals surface area contributed by atoms with Gasteiger partial charge >= 0.3 is 5.97 Å². The molecule has 2 heterocycles. The largest absolute Gasteiger partial charge is 0.495 e. The van der Waals surface area contributed by atoms with Crippen LogP contribution in [0.25, 0.3) is 11.1 Å². The maximum atomic E-state index is 12.9. The van der Waals surface area contributed by atoms with E-state index in [-0.39, 0.29) is 24.7 Å². The highest BCUT2D eigenvalue weighted by molar-refractivity contribution is 5.93. The summed E-state index contributed by atoms with van der Waals surface area (Å²) in [7, 11) is 3.25. The number of nitrogens with zero attached hydrogens (tertiary/aromatic N) is 3. The number of para-hydroxylation sites is 2. The third-order valence-corrected chi connectivity index (χ3v) is 5.70. The molecule has 2 N–H and O–H groups in total. The van der Waals surface area contributed by atoms with Crippen LogP contribution in [0.4, 0.5) is 17.5 Å². The number of nitrogens with one attached hydrogen (secondary N) is 1. The van der Waals surface area contributed by atoms with Crippen molar-refractivity contribution in [3.05, 3.63) is 71.9 Å². The minimum absolute atomic E-state index is 0.0238. The molecule has 1 atom stereocenters. The van der Waals surface area contributed by atoms with Gasteiger partial charge in [0.25, 0.3) is 6.01 Å². The summed E-state index contributed by atoms with van der Waals surface area (Å²) in [5.41, 5.74) is 3.55. The topological polar surface area (TPSA) is 118 Å². The highest BCUT2D eigenvalue weighted by Crippen LogP contribution is 2.29. The molecular weight excluding hydrogens is 448 g/mol. The number of pyridine rings is 1. The number of aromatic nitrogens is 2. The van der Waals surface area contributed by atoms with Gasteiger partial charge in [0.15, 0.2) is 5.58 Å². The average Bonchev–Trinajstić information content (AvgIpc) is 3.25. The van der Waals surface area contributed by atoms with Crippen molar-refractivity contribution in [1.29, 1.82) is 0 Å². The van der Waals surface area contributed by atoms with Gasteiger partial charge < -0.3 is 19.6 Å². The Morgan fingerprint density at radius 2 is 1.97 bits per heavy atom. The number of anilines is 3. The van der Waals surface area contributed by atoms with Crippen LogP contribution < -0.4 is 15.0 Å². The summed E-state index contributed by atoms with van der Waals surface area (Å²) in [6.07, 6.45) is 1.79. The molecule has 0 aliphatic heterocycles. The van der Waals surface area contributed by atoms with E-state index in [9.17, 15) is 9.59 Å². The van der Waals surface area contributed by atoms with Crippen LogP contribution in [0.3, 0.4) is 0 Å². The predicted octanol–water partition coefficient (Wildman–Crippen LogP) is 4.76. The number of benzene rings is 2. The van der Waals surface area contributed by atoms with Gasteiger partial charge in [-0.3, -0.25) is 14.5 Å². The molecule has 9 heteroatoms. The maximum absolute atomic E-state index is 12.9. The van der Waals surface area contributed by atoms with Gasteiger partial charge in [-0.1, -0.05) is 31.2 Å². The molecule has 0 aliphatic carbocycles. The molecule has 0 saturated carbocycles. The number of hydrogen-bond donors (Lipinski definition) is 2. The molecule has 2 aromatic heterocycles. The molecular formula is C26H26N4O5. The molecule has 35 heavy (non-hydrogen) atoms. The Morgan fingerprint density at radius 1 is 1.17 bits per heavy atom. The molecule has 9 nitrogen and oxygen atoms in total. The molecule has 0 fully saturated rings. The number of ether oxygens (including phenoxy) is 1. The van der Waals surface area contributed by atoms with Crippen LogP contribution in [0.2, 0.25) is 0 Å². The molecule has 180 valence electrons. The summed E-state index contributed by atoms with van der Waals surface area (Å²) in [6.45, 7) is 1.83. The number of hydrogen-bond acceptors (Lipinski definition) is 7. The second-order valence-corrected chi connectivity index (χ2v) is 8.22. The number of likely N-dealkylation sites (N-methyl/N-ethyl adjacent to an activating group) is 1. The van der Waals surface area contributed by atoms with Crippen LogP contribution >= 0.6 is 0 Å². The van der Waals surface area contributed by atoms with Crippen LogP contribution in [0.5, 0.6) is 5.75 Å². The first-order chi connectivity index (χ1) is 16.8. The molecule has 0 radical (unpaired) electrons. The van der Waals surface area contributed by atoms with Crippen molar-refractivity contribution in [2.75, 3.05) is 24.4 Å². The first-order valence-corrected chi connectivity index (χ1v) is 11.1. The minimum atomic E-state index is -0.861. The number of fused-ring (bicyclic) bond motifs is 1. The lowest BCUT2D eigenvalue weighted by Gasteiger charge is -2.17. The number of carboxylic acid groups (broad SMARTS) is 1. The maximum Gasteiger partial charge on any atom is 0.303 e. The Balaban J connectivity index is 1.44. The van der Waals surface area contributed by atoms with E-state index >= 15 is 0 Å². The zero-order chi connectivity index (χ0) is 24.9. The van der Waals surface area contributed by atoms with Crippen molar-refractivity contribution in [3.63, 3.8) is 0 Å². The SMILES string of the molecule is COc1ccccc1Nc1nc2ccc(CC(=O)N(C)c3ccc(C(C)CC(=O)O)cn3)cc2o1. The van der Waals surface area contributed by atoms with Gasteiger partial charge in [-0.2, -0.15) is 4.98 Å². The fraction of sp³-hybridized carbons (Fsp3) is 0.231. The van der Waals surface area contributed by atoms with E-state index in [2.05, 4.69) is 15.3 Å². The lowest BCUT2D eigenvalue weighted by atomic mass is 10.00. The number of aliphatic carboxylic acids is 1. The third-order valence-electron chi connectivity index (χ3n) is 5.70. The lowest BCUT2D eigenvalue weighted by Crippen LogP contribution is -2.28. The lowest BCUT2D eigenvalue weighted by molar-refractivity contribution is -0.137. The quantitative estimate of drug-likeness (QED) is 0.357. The van der Waals surface area contributed by atoms with Gasteiger partial charge in [0, 0.05) is 13.2 Å². The molecule has 4 aromatic rings. The first kappa shape index (κ1) is 23.7. The van der Waals surface area contributed by atoms with Crippen LogP contribution in [0, 0.1) is 0 Å². The molecule has 0 saturated heterocycles. The van der Waals surface area contributed by atoms with Crippen molar-refractivity contribution in [2.45, 2.75) is 25.7 Å². The molecule has 0 bridgehead atoms. The second-order valence-electron chi connectivity index (χ2n) is 8.22. The summed E-state index contributed by atoms with van der Waals surface area (Å²) >= 11 is 0. The minimum Gasteiger partial charge on any atom is -0.495 e. The number of amides is 1. The smallest absolute Gasteiger partial charge is 0.303 e. The van der Waals surface area contributed by atoms with Crippen LogP contribution in [-0.4, -0.2) is 41.1 Å². The van der Waals surface area contributed by atoms with Crippen molar-refractivity contribution in [1.82, 2.24) is 9.97 Å². The van der Waals surface area contributed by atoms with Crippen molar-refractivity contribution in [2.24, 2.45) is 0 Å². The Bertz CT molecular complexity index is 1350. The summed E-state index contributed by atoms with van der Waals surface area (Å²) < 4.78 is 11.2. The van der Waals surface area contributed by atoms with Gasteiger partial charge in [0.2, 0.25) is 5.91 Å². The van der Waals surface area contributed by atoms with Crippen LogP contribution in [0.15, 0.2) is 65.2 Å². The van der Waals surface area contributed by atoms with E-state index in [0.29, 0.717) is 28.7 Å². The molecule has 0 spiro atoms. The Labute approximate surface area is 202 Å². The molecule has 4 rings (SSSR count). The predicted molar refractivity (Wildman–Crippen MR) is 132 cm³/mol. The fourth-order valence-electron chi connectivity index (χ4n) is 3.68. The van der Waals surface area contributed by atoms with Gasteiger partial charge in [-0.25, -0.2) is 4.98 Å². The van der Waals surface area contributed by atoms with E-state index in [1.54, 1.807) is 38.6 Å². The van der Waals surface area contributed by atoms with E-state index in [0.717, 1.165) is 16.8 Å². The zero-order valence-corrected chi connectivity index (χ0v) is 19.7. The summed E-state index contributed by atoms with van der Waals surface area (Å²) in [4.78, 5) is 34.1. The average molecular weight is 475 g/mol. The Morgan fingerprint density at radius 3 is 2.69 bits per heavy atom. The summed E-state index contributed by atoms with van der Waals surface area (Å²) in [6, 6.07) is 16.8. The van der Waals surface area contributed by atoms with Crippen LogP contribution in [0.1, 0.15) is 30.4 Å². The van der Waals surface area contributed by atoms with E-state index < -0.39 is 5.97 Å². The fourth-order valence-corrected chi connectivity index (χ4v) is 3.68. The summed E-state index contributed by atoms with van der Waals surface area (Å²) in [5, 5.41) is 12.1. The number of rotatable bonds is 9. The molecule has 1 amide bonds. The Kier molecular flexibility index (Phi) is 6.96.